The van der Waals surface area contributed by atoms with Crippen LogP contribution in [0.2, 0.25) is 0 Å². The molecule has 0 saturated carbocycles. The molecule has 3 rings (SSSR count). The molecule has 0 aliphatic carbocycles. The largest absolute Gasteiger partial charge is 0.545 e. The second kappa shape index (κ2) is 6.00. The molecule has 0 amide bonds. The molecule has 1 aromatic heterocycles. The molecule has 6 heteroatoms. The van der Waals surface area contributed by atoms with Gasteiger partial charge in [0.25, 0.3) is 5.56 Å². The van der Waals surface area contributed by atoms with E-state index in [0.717, 1.165) is 0 Å². The van der Waals surface area contributed by atoms with Crippen molar-refractivity contribution in [2.24, 2.45) is 0 Å². The molecular weight excluding hydrogens is 311 g/mol. The van der Waals surface area contributed by atoms with Crippen molar-refractivity contribution in [3.05, 3.63) is 86.4 Å². The number of aromatic amines is 1. The van der Waals surface area contributed by atoms with E-state index < -0.39 is 5.97 Å². The van der Waals surface area contributed by atoms with Gasteiger partial charge < -0.3 is 9.90 Å². The predicted molar refractivity (Wildman–Crippen MR) is 85.5 cm³/mol. The van der Waals surface area contributed by atoms with Crippen LogP contribution in [0, 0.1) is 5.82 Å². The monoisotopic (exact) mass is 323 g/mol. The minimum absolute atomic E-state index is 0.0383. The van der Waals surface area contributed by atoms with Crippen LogP contribution in [0.4, 0.5) is 4.39 Å². The molecule has 1 heterocycles. The summed E-state index contributed by atoms with van der Waals surface area (Å²) in [5.74, 6) is -1.70. The van der Waals surface area contributed by atoms with Crippen LogP contribution < -0.4 is 21.2 Å². The summed E-state index contributed by atoms with van der Waals surface area (Å²) in [6.07, 6.45) is 1.58. The van der Waals surface area contributed by atoms with Crippen molar-refractivity contribution in [1.82, 2.24) is 9.78 Å². The molecule has 3 aromatic rings. The molecule has 0 atom stereocenters. The number of nitrogens with zero attached hydrogens (tertiary/aromatic N) is 1. The van der Waals surface area contributed by atoms with Crippen molar-refractivity contribution in [3.63, 3.8) is 0 Å². The fraction of sp³-hybridized carbons (Fsp3) is 0. The minimum atomic E-state index is -1.33. The van der Waals surface area contributed by atoms with Gasteiger partial charge in [-0.25, -0.2) is 9.07 Å². The number of aromatic carboxylic acids is 1. The molecule has 0 bridgehead atoms. The third kappa shape index (κ3) is 2.89. The summed E-state index contributed by atoms with van der Waals surface area (Å²) in [7, 11) is 0. The zero-order chi connectivity index (χ0) is 17.3. The molecule has 24 heavy (non-hydrogen) atoms. The second-order valence-corrected chi connectivity index (χ2v) is 5.18. The Balaban J connectivity index is 2.15. The summed E-state index contributed by atoms with van der Waals surface area (Å²) < 4.78 is 14.2. The predicted octanol–water partition coefficient (Wildman–Crippen LogP) is -0.0927. The van der Waals surface area contributed by atoms with E-state index in [1.54, 1.807) is 24.3 Å². The van der Waals surface area contributed by atoms with E-state index in [-0.39, 0.29) is 16.9 Å². The minimum Gasteiger partial charge on any atom is -0.545 e. The Morgan fingerprint density at radius 2 is 1.92 bits per heavy atom. The van der Waals surface area contributed by atoms with E-state index in [0.29, 0.717) is 21.8 Å². The van der Waals surface area contributed by atoms with Crippen molar-refractivity contribution in [1.29, 1.82) is 0 Å². The van der Waals surface area contributed by atoms with Gasteiger partial charge in [-0.15, -0.1) is 0 Å². The number of benzene rings is 2. The second-order valence-electron chi connectivity index (χ2n) is 5.18. The number of carbonyl (C=O) groups is 1. The fourth-order valence-electron chi connectivity index (χ4n) is 2.32. The number of hydrogen-bond acceptors (Lipinski definition) is 3. The summed E-state index contributed by atoms with van der Waals surface area (Å²) in [6.45, 7) is 3.79. The van der Waals surface area contributed by atoms with Gasteiger partial charge in [-0.3, -0.25) is 9.89 Å². The van der Waals surface area contributed by atoms with Gasteiger partial charge in [0.1, 0.15) is 5.82 Å². The van der Waals surface area contributed by atoms with Crippen LogP contribution >= 0.6 is 0 Å². The lowest BCUT2D eigenvalue weighted by molar-refractivity contribution is -0.255. The number of nitrogens with one attached hydrogen (secondary N) is 1. The first-order chi connectivity index (χ1) is 11.5. The lowest BCUT2D eigenvalue weighted by Gasteiger charge is -2.05. The standard InChI is InChI=1S/C18H13FN2O3/c1-11-16(9-12-5-7-14(19)8-6-12)17(22)21(20-11)15-4-2-3-13(10-15)18(23)24/h2-10,20H,1H2,(H,23,24)/p-1/b16-9-. The molecule has 0 aliphatic heterocycles. The topological polar surface area (TPSA) is 77.9 Å². The van der Waals surface area contributed by atoms with Gasteiger partial charge in [0.15, 0.2) is 0 Å². The van der Waals surface area contributed by atoms with Gasteiger partial charge in [0.05, 0.1) is 22.2 Å². The number of H-pyrrole nitrogens is 1. The maximum Gasteiger partial charge on any atom is 0.279 e. The lowest BCUT2D eigenvalue weighted by atomic mass is 10.2. The van der Waals surface area contributed by atoms with Crippen LogP contribution in [-0.4, -0.2) is 15.7 Å². The van der Waals surface area contributed by atoms with Gasteiger partial charge in [-0.1, -0.05) is 30.8 Å². The van der Waals surface area contributed by atoms with Gasteiger partial charge in [0.2, 0.25) is 0 Å². The van der Waals surface area contributed by atoms with E-state index >= 15 is 0 Å². The van der Waals surface area contributed by atoms with Crippen molar-refractivity contribution < 1.29 is 14.3 Å². The van der Waals surface area contributed by atoms with Crippen LogP contribution in [0.1, 0.15) is 15.9 Å². The highest BCUT2D eigenvalue weighted by Crippen LogP contribution is 2.06. The number of hydrogen-bond donors (Lipinski definition) is 1. The first kappa shape index (κ1) is 15.5. The van der Waals surface area contributed by atoms with Crippen LogP contribution in [0.5, 0.6) is 0 Å². The highest BCUT2D eigenvalue weighted by molar-refractivity contribution is 5.86. The Bertz CT molecular complexity index is 1080. The first-order valence-corrected chi connectivity index (χ1v) is 7.05. The quantitative estimate of drug-likeness (QED) is 0.731. The zero-order valence-corrected chi connectivity index (χ0v) is 12.5. The summed E-state index contributed by atoms with van der Waals surface area (Å²) in [5, 5.41) is 14.4. The van der Waals surface area contributed by atoms with Gasteiger partial charge in [0, 0.05) is 0 Å². The normalized spacial score (nSPS) is 11.6. The van der Waals surface area contributed by atoms with Gasteiger partial charge in [-0.05, 0) is 41.5 Å². The molecule has 0 unspecified atom stereocenters. The average Bonchev–Trinajstić information content (AvgIpc) is 2.85. The molecule has 0 fully saturated rings. The van der Waals surface area contributed by atoms with E-state index in [4.69, 9.17) is 0 Å². The van der Waals surface area contributed by atoms with Crippen molar-refractivity contribution in [2.75, 3.05) is 0 Å². The third-order valence-corrected chi connectivity index (χ3v) is 3.53. The number of rotatable bonds is 3. The Labute approximate surface area is 135 Å². The third-order valence-electron chi connectivity index (χ3n) is 3.53. The molecule has 2 aromatic carbocycles. The van der Waals surface area contributed by atoms with Crippen molar-refractivity contribution >= 4 is 18.6 Å². The molecule has 0 radical (unpaired) electrons. The summed E-state index contributed by atoms with van der Waals surface area (Å²) in [6, 6.07) is 11.5. The molecule has 0 spiro atoms. The summed E-state index contributed by atoms with van der Waals surface area (Å²) in [4.78, 5) is 23.5. The Hall–Kier alpha value is -3.41. The van der Waals surface area contributed by atoms with Crippen LogP contribution in [-0.2, 0) is 0 Å². The first-order valence-electron chi connectivity index (χ1n) is 7.05. The van der Waals surface area contributed by atoms with E-state index in [9.17, 15) is 19.1 Å². The summed E-state index contributed by atoms with van der Waals surface area (Å²) in [5.41, 5.74) is 0.571. The number of aromatic nitrogens is 2. The van der Waals surface area contributed by atoms with Crippen molar-refractivity contribution in [3.8, 4) is 5.69 Å². The SMILES string of the molecule is C=c1[nH]n(-c2cccc(C(=O)[O-])c2)c(=O)/c1=C\c1ccc(F)cc1. The van der Waals surface area contributed by atoms with E-state index in [1.807, 2.05) is 0 Å². The lowest BCUT2D eigenvalue weighted by Crippen LogP contribution is -2.34. The Kier molecular flexibility index (Phi) is 3.87. The summed E-state index contributed by atoms with van der Waals surface area (Å²) >= 11 is 0. The molecule has 5 nitrogen and oxygen atoms in total. The van der Waals surface area contributed by atoms with E-state index in [2.05, 4.69) is 11.7 Å². The van der Waals surface area contributed by atoms with Crippen molar-refractivity contribution in [2.45, 2.75) is 0 Å². The number of halogens is 1. The maximum absolute atomic E-state index is 13.0. The van der Waals surface area contributed by atoms with Crippen LogP contribution in [0.3, 0.4) is 0 Å². The average molecular weight is 323 g/mol. The Morgan fingerprint density at radius 3 is 2.58 bits per heavy atom. The number of carboxylic acid groups (broad SMARTS) is 1. The molecule has 0 saturated heterocycles. The van der Waals surface area contributed by atoms with Gasteiger partial charge in [-0.2, -0.15) is 0 Å². The number of carboxylic acids is 1. The number of carbonyl (C=O) groups excluding carboxylic acids is 1. The van der Waals surface area contributed by atoms with Gasteiger partial charge >= 0.3 is 0 Å². The molecule has 0 aliphatic rings. The maximum atomic E-state index is 13.0. The fourth-order valence-corrected chi connectivity index (χ4v) is 2.32. The molecular formula is C18H12FN2O3-. The Morgan fingerprint density at radius 1 is 1.21 bits per heavy atom. The van der Waals surface area contributed by atoms with E-state index in [1.165, 1.54) is 35.0 Å². The molecule has 1 N–H and O–H groups in total. The highest BCUT2D eigenvalue weighted by Gasteiger charge is 2.06. The zero-order valence-electron chi connectivity index (χ0n) is 12.5. The molecule has 120 valence electrons. The smallest absolute Gasteiger partial charge is 0.279 e. The van der Waals surface area contributed by atoms with Crippen LogP contribution in [0.25, 0.3) is 18.3 Å². The van der Waals surface area contributed by atoms with Crippen LogP contribution in [0.15, 0.2) is 53.3 Å². The highest BCUT2D eigenvalue weighted by atomic mass is 19.1.